The Morgan fingerprint density at radius 3 is 2.54 bits per heavy atom. The van der Waals surface area contributed by atoms with Crippen LogP contribution in [0.1, 0.15) is 11.4 Å². The van der Waals surface area contributed by atoms with Gasteiger partial charge in [-0.3, -0.25) is 0 Å². The Hall–Kier alpha value is -2.61. The van der Waals surface area contributed by atoms with E-state index in [4.69, 9.17) is 9.72 Å². The maximum atomic E-state index is 11.7. The molecule has 0 saturated carbocycles. The summed E-state index contributed by atoms with van der Waals surface area (Å²) in [5.41, 5.74) is 2.79. The van der Waals surface area contributed by atoms with E-state index in [1.807, 2.05) is 42.6 Å². The summed E-state index contributed by atoms with van der Waals surface area (Å²) < 4.78 is 30.3. The fraction of sp³-hybridized carbons (Fsp3) is 0.333. The predicted octanol–water partition coefficient (Wildman–Crippen LogP) is 1.56. The number of pyridine rings is 1. The molecule has 1 fully saturated rings. The first kappa shape index (κ1) is 16.8. The Morgan fingerprint density at radius 2 is 1.85 bits per heavy atom. The molecule has 3 heterocycles. The van der Waals surface area contributed by atoms with Gasteiger partial charge in [0.1, 0.15) is 5.75 Å². The summed E-state index contributed by atoms with van der Waals surface area (Å²) in [7, 11) is -1.27. The molecule has 4 rings (SSSR count). The first-order valence-electron chi connectivity index (χ1n) is 8.47. The number of sulfone groups is 1. The van der Waals surface area contributed by atoms with Crippen LogP contribution in [0.25, 0.3) is 5.65 Å². The van der Waals surface area contributed by atoms with Crippen molar-refractivity contribution in [2.24, 2.45) is 0 Å². The fourth-order valence-corrected chi connectivity index (χ4v) is 4.34. The van der Waals surface area contributed by atoms with Crippen LogP contribution < -0.4 is 9.64 Å². The maximum absolute atomic E-state index is 11.7. The quantitative estimate of drug-likeness (QED) is 0.692. The number of aromatic nitrogens is 3. The molecule has 136 valence electrons. The van der Waals surface area contributed by atoms with Gasteiger partial charge in [0.15, 0.2) is 21.3 Å². The van der Waals surface area contributed by atoms with Crippen molar-refractivity contribution in [2.45, 2.75) is 6.42 Å². The van der Waals surface area contributed by atoms with Crippen LogP contribution in [0, 0.1) is 0 Å². The molecule has 8 heteroatoms. The molecule has 1 aromatic carbocycles. The molecular weight excluding hydrogens is 352 g/mol. The Balaban J connectivity index is 1.61. The van der Waals surface area contributed by atoms with Crippen molar-refractivity contribution >= 4 is 21.2 Å². The molecule has 26 heavy (non-hydrogen) atoms. The lowest BCUT2D eigenvalue weighted by Crippen LogP contribution is -2.40. The molecule has 0 atom stereocenters. The van der Waals surface area contributed by atoms with Gasteiger partial charge in [-0.05, 0) is 29.8 Å². The first-order valence-corrected chi connectivity index (χ1v) is 10.3. The van der Waals surface area contributed by atoms with E-state index in [2.05, 4.69) is 10.00 Å². The van der Waals surface area contributed by atoms with Gasteiger partial charge in [-0.25, -0.2) is 17.9 Å². The maximum Gasteiger partial charge on any atom is 0.178 e. The summed E-state index contributed by atoms with van der Waals surface area (Å²) >= 11 is 0. The zero-order valence-corrected chi connectivity index (χ0v) is 15.3. The van der Waals surface area contributed by atoms with Crippen LogP contribution in [0.3, 0.4) is 0 Å². The molecule has 0 radical (unpaired) electrons. The van der Waals surface area contributed by atoms with E-state index in [9.17, 15) is 8.42 Å². The smallest absolute Gasteiger partial charge is 0.178 e. The van der Waals surface area contributed by atoms with Crippen molar-refractivity contribution in [3.05, 3.63) is 54.0 Å². The molecule has 2 aromatic heterocycles. The van der Waals surface area contributed by atoms with Gasteiger partial charge in [0, 0.05) is 25.7 Å². The normalized spacial score (nSPS) is 16.7. The summed E-state index contributed by atoms with van der Waals surface area (Å²) in [5, 5.41) is 4.56. The van der Waals surface area contributed by atoms with E-state index < -0.39 is 9.84 Å². The molecule has 1 aliphatic rings. The topological polar surface area (TPSA) is 76.8 Å². The Kier molecular flexibility index (Phi) is 4.28. The van der Waals surface area contributed by atoms with Crippen LogP contribution >= 0.6 is 0 Å². The largest absolute Gasteiger partial charge is 0.497 e. The summed E-state index contributed by atoms with van der Waals surface area (Å²) in [6.45, 7) is 0.978. The van der Waals surface area contributed by atoms with Gasteiger partial charge in [0.25, 0.3) is 0 Å². The van der Waals surface area contributed by atoms with Crippen molar-refractivity contribution in [1.29, 1.82) is 0 Å². The van der Waals surface area contributed by atoms with Crippen molar-refractivity contribution in [1.82, 2.24) is 14.6 Å². The Morgan fingerprint density at radius 1 is 1.12 bits per heavy atom. The van der Waals surface area contributed by atoms with Crippen LogP contribution in [0.4, 0.5) is 5.69 Å². The second kappa shape index (κ2) is 6.60. The number of benzene rings is 1. The second-order valence-corrected chi connectivity index (χ2v) is 8.66. The van der Waals surface area contributed by atoms with Crippen LogP contribution in [-0.2, 0) is 16.3 Å². The van der Waals surface area contributed by atoms with Crippen LogP contribution in [-0.4, -0.2) is 54.7 Å². The van der Waals surface area contributed by atoms with Crippen LogP contribution in [0.15, 0.2) is 42.6 Å². The lowest BCUT2D eigenvalue weighted by molar-refractivity contribution is 0.414. The lowest BCUT2D eigenvalue weighted by Gasteiger charge is -2.28. The molecule has 1 saturated heterocycles. The second-order valence-electron chi connectivity index (χ2n) is 6.35. The van der Waals surface area contributed by atoms with Gasteiger partial charge in [-0.1, -0.05) is 12.1 Å². The number of hydrogen-bond acceptors (Lipinski definition) is 6. The molecule has 3 aromatic rings. The average molecular weight is 372 g/mol. The zero-order chi connectivity index (χ0) is 18.1. The Labute approximate surface area is 152 Å². The van der Waals surface area contributed by atoms with Gasteiger partial charge < -0.3 is 9.64 Å². The lowest BCUT2D eigenvalue weighted by atomic mass is 10.1. The minimum absolute atomic E-state index is 0.181. The molecule has 0 amide bonds. The van der Waals surface area contributed by atoms with E-state index in [0.29, 0.717) is 19.5 Å². The van der Waals surface area contributed by atoms with E-state index in [-0.39, 0.29) is 11.5 Å². The van der Waals surface area contributed by atoms with Gasteiger partial charge in [-0.2, -0.15) is 5.10 Å². The minimum Gasteiger partial charge on any atom is -0.497 e. The third kappa shape index (κ3) is 3.37. The van der Waals surface area contributed by atoms with Crippen molar-refractivity contribution in [3.63, 3.8) is 0 Å². The third-order valence-electron chi connectivity index (χ3n) is 4.59. The SMILES string of the molecule is COc1ccc(Cc2nc3c(N4CCS(=O)(=O)CC4)cccn3n2)cc1. The molecular formula is C18H20N4O3S. The molecule has 0 N–H and O–H groups in total. The summed E-state index contributed by atoms with van der Waals surface area (Å²) in [5.74, 6) is 1.91. The molecule has 0 unspecified atom stereocenters. The van der Waals surface area contributed by atoms with Gasteiger partial charge >= 0.3 is 0 Å². The van der Waals surface area contributed by atoms with Crippen LogP contribution in [0.2, 0.25) is 0 Å². The zero-order valence-electron chi connectivity index (χ0n) is 14.5. The minimum atomic E-state index is -2.91. The number of hydrogen-bond donors (Lipinski definition) is 0. The van der Waals surface area contributed by atoms with E-state index in [1.165, 1.54) is 0 Å². The predicted molar refractivity (Wildman–Crippen MR) is 99.7 cm³/mol. The summed E-state index contributed by atoms with van der Waals surface area (Å²) in [6, 6.07) is 11.7. The number of anilines is 1. The average Bonchev–Trinajstić information content (AvgIpc) is 3.05. The van der Waals surface area contributed by atoms with Crippen molar-refractivity contribution < 1.29 is 13.2 Å². The molecule has 0 spiro atoms. The van der Waals surface area contributed by atoms with Crippen LogP contribution in [0.5, 0.6) is 5.75 Å². The highest BCUT2D eigenvalue weighted by Crippen LogP contribution is 2.23. The van der Waals surface area contributed by atoms with Gasteiger partial charge in [-0.15, -0.1) is 0 Å². The highest BCUT2D eigenvalue weighted by molar-refractivity contribution is 7.91. The molecule has 1 aliphatic heterocycles. The van der Waals surface area contributed by atoms with Crippen molar-refractivity contribution in [3.8, 4) is 5.75 Å². The van der Waals surface area contributed by atoms with E-state index in [0.717, 1.165) is 28.5 Å². The first-order chi connectivity index (χ1) is 12.5. The number of methoxy groups -OCH3 is 1. The highest BCUT2D eigenvalue weighted by atomic mass is 32.2. The highest BCUT2D eigenvalue weighted by Gasteiger charge is 2.23. The summed E-state index contributed by atoms with van der Waals surface area (Å²) in [6.07, 6.45) is 2.49. The van der Waals surface area contributed by atoms with Gasteiger partial charge in [0.2, 0.25) is 0 Å². The monoisotopic (exact) mass is 372 g/mol. The van der Waals surface area contributed by atoms with E-state index >= 15 is 0 Å². The number of fused-ring (bicyclic) bond motifs is 1. The number of nitrogens with zero attached hydrogens (tertiary/aromatic N) is 4. The Bertz CT molecular complexity index is 1010. The van der Waals surface area contributed by atoms with Gasteiger partial charge in [0.05, 0.1) is 24.3 Å². The number of ether oxygens (including phenoxy) is 1. The molecule has 0 bridgehead atoms. The fourth-order valence-electron chi connectivity index (χ4n) is 3.14. The molecule has 7 nitrogen and oxygen atoms in total. The third-order valence-corrected chi connectivity index (χ3v) is 6.20. The van der Waals surface area contributed by atoms with E-state index in [1.54, 1.807) is 11.6 Å². The summed E-state index contributed by atoms with van der Waals surface area (Å²) in [4.78, 5) is 6.76. The number of rotatable bonds is 4. The van der Waals surface area contributed by atoms with Crippen molar-refractivity contribution in [2.75, 3.05) is 36.6 Å². The molecule has 0 aliphatic carbocycles. The standard InChI is InChI=1S/C18H20N4O3S/c1-25-15-6-4-14(5-7-15)13-17-19-18-16(3-2-8-22(18)20-17)21-9-11-26(23,24)12-10-21/h2-8H,9-13H2,1H3.